The third-order valence-corrected chi connectivity index (χ3v) is 6.47. The predicted molar refractivity (Wildman–Crippen MR) is 119 cm³/mol. The summed E-state index contributed by atoms with van der Waals surface area (Å²) in [6.45, 7) is 3.39. The molecule has 1 aromatic heterocycles. The van der Waals surface area contributed by atoms with Crippen LogP contribution in [0.15, 0.2) is 29.4 Å². The minimum absolute atomic E-state index is 0.0217. The van der Waals surface area contributed by atoms with Crippen LogP contribution in [0.25, 0.3) is 22.2 Å². The van der Waals surface area contributed by atoms with Crippen molar-refractivity contribution in [3.05, 3.63) is 40.4 Å². The van der Waals surface area contributed by atoms with Crippen molar-refractivity contribution in [1.29, 1.82) is 0 Å². The number of aromatic nitrogens is 3. The van der Waals surface area contributed by atoms with Gasteiger partial charge in [-0.05, 0) is 28.0 Å². The normalized spacial score (nSPS) is 16.0. The Morgan fingerprint density at radius 2 is 1.94 bits per heavy atom. The second kappa shape index (κ2) is 8.58. The molecule has 5 rings (SSSR count). The first-order valence-electron chi connectivity index (χ1n) is 9.91. The van der Waals surface area contributed by atoms with Crippen molar-refractivity contribution in [3.63, 3.8) is 0 Å². The van der Waals surface area contributed by atoms with Crippen LogP contribution in [-0.4, -0.2) is 57.8 Å². The van der Waals surface area contributed by atoms with Gasteiger partial charge >= 0.3 is 0 Å². The number of nitrogens with zero attached hydrogens (tertiary/aromatic N) is 4. The number of ether oxygens (including phenoxy) is 2. The maximum Gasteiger partial charge on any atom is 0.233 e. The summed E-state index contributed by atoms with van der Waals surface area (Å²) >= 11 is 7.90. The molecule has 1 saturated heterocycles. The van der Waals surface area contributed by atoms with Crippen molar-refractivity contribution < 1.29 is 14.3 Å². The molecule has 1 amide bonds. The Bertz CT molecular complexity index is 1170. The molecule has 160 valence electrons. The quantitative estimate of drug-likeness (QED) is 0.596. The molecule has 2 aliphatic rings. The Labute approximate surface area is 188 Å². The largest absolute Gasteiger partial charge is 0.378 e. The van der Waals surface area contributed by atoms with Crippen LogP contribution in [-0.2, 0) is 27.5 Å². The highest BCUT2D eigenvalue weighted by Gasteiger charge is 2.22. The summed E-state index contributed by atoms with van der Waals surface area (Å²) in [5.74, 6) is 0.728. The minimum atomic E-state index is 0.0217. The fourth-order valence-electron chi connectivity index (χ4n) is 3.92. The number of hydrogen-bond donors (Lipinski definition) is 1. The van der Waals surface area contributed by atoms with Gasteiger partial charge in [0.1, 0.15) is 0 Å². The van der Waals surface area contributed by atoms with Gasteiger partial charge in [-0.2, -0.15) is 9.97 Å². The maximum absolute atomic E-state index is 12.5. The highest BCUT2D eigenvalue weighted by molar-refractivity contribution is 7.99. The number of nitrogen functional groups attached to an aromatic ring is 1. The van der Waals surface area contributed by atoms with Crippen molar-refractivity contribution in [2.24, 2.45) is 0 Å². The highest BCUT2D eigenvalue weighted by Crippen LogP contribution is 2.39. The van der Waals surface area contributed by atoms with Gasteiger partial charge in [-0.3, -0.25) is 4.79 Å². The van der Waals surface area contributed by atoms with E-state index in [0.29, 0.717) is 61.1 Å². The van der Waals surface area contributed by atoms with Gasteiger partial charge in [-0.25, -0.2) is 4.98 Å². The summed E-state index contributed by atoms with van der Waals surface area (Å²) < 4.78 is 11.0. The molecular weight excluding hydrogens is 438 g/mol. The van der Waals surface area contributed by atoms with Crippen molar-refractivity contribution in [2.75, 3.05) is 37.8 Å². The molecule has 0 bridgehead atoms. The first kappa shape index (κ1) is 20.4. The van der Waals surface area contributed by atoms with E-state index in [2.05, 4.69) is 15.0 Å². The van der Waals surface area contributed by atoms with Crippen LogP contribution in [0.1, 0.15) is 11.1 Å². The van der Waals surface area contributed by atoms with Crippen LogP contribution >= 0.6 is 23.4 Å². The lowest BCUT2D eigenvalue weighted by molar-refractivity contribution is -0.132. The van der Waals surface area contributed by atoms with Crippen LogP contribution in [0.2, 0.25) is 5.02 Å². The van der Waals surface area contributed by atoms with Gasteiger partial charge in [0.05, 0.1) is 37.2 Å². The number of morpholine rings is 1. The zero-order chi connectivity index (χ0) is 21.4. The first-order valence-corrected chi connectivity index (χ1v) is 11.3. The summed E-state index contributed by atoms with van der Waals surface area (Å²) in [6.07, 6.45) is 0. The summed E-state index contributed by atoms with van der Waals surface area (Å²) in [6, 6.07) is 7.92. The molecule has 8 nitrogen and oxygen atoms in total. The van der Waals surface area contributed by atoms with E-state index >= 15 is 0 Å². The van der Waals surface area contributed by atoms with Crippen LogP contribution in [0.3, 0.4) is 0 Å². The van der Waals surface area contributed by atoms with Crippen LogP contribution in [0, 0.1) is 0 Å². The molecule has 2 aromatic carbocycles. The maximum atomic E-state index is 12.5. The van der Waals surface area contributed by atoms with E-state index in [1.165, 1.54) is 11.8 Å². The number of carbonyl (C=O) groups excluding carboxylic acids is 1. The standard InChI is InChI=1S/C21H20ClN5O3S/c22-15-8-13-10-30-9-12-2-1-3-14(17(12)13)18(15)19-24-20(23)26-21(25-19)31-11-16(28)27-4-6-29-7-5-27/h1-3,8H,4-7,9-11H2,(H2,23,24,25,26). The Balaban J connectivity index is 1.48. The van der Waals surface area contributed by atoms with Gasteiger partial charge < -0.3 is 20.1 Å². The second-order valence-corrected chi connectivity index (χ2v) is 8.66. The predicted octanol–water partition coefficient (Wildman–Crippen LogP) is 2.91. The Kier molecular flexibility index (Phi) is 5.66. The molecule has 0 radical (unpaired) electrons. The van der Waals surface area contributed by atoms with Gasteiger partial charge in [-0.1, -0.05) is 41.6 Å². The smallest absolute Gasteiger partial charge is 0.233 e. The van der Waals surface area contributed by atoms with E-state index in [9.17, 15) is 4.79 Å². The number of thioether (sulfide) groups is 1. The molecule has 2 N–H and O–H groups in total. The molecule has 31 heavy (non-hydrogen) atoms. The summed E-state index contributed by atoms with van der Waals surface area (Å²) in [4.78, 5) is 27.4. The molecule has 2 aliphatic heterocycles. The van der Waals surface area contributed by atoms with Crippen molar-refractivity contribution in [2.45, 2.75) is 18.4 Å². The molecule has 3 aromatic rings. The highest BCUT2D eigenvalue weighted by atomic mass is 35.5. The zero-order valence-electron chi connectivity index (χ0n) is 16.6. The third kappa shape index (κ3) is 4.06. The molecule has 10 heteroatoms. The van der Waals surface area contributed by atoms with E-state index < -0.39 is 0 Å². The van der Waals surface area contributed by atoms with E-state index in [4.69, 9.17) is 26.8 Å². The number of halogens is 1. The van der Waals surface area contributed by atoms with Crippen molar-refractivity contribution in [1.82, 2.24) is 19.9 Å². The monoisotopic (exact) mass is 457 g/mol. The molecule has 3 heterocycles. The third-order valence-electron chi connectivity index (χ3n) is 5.34. The average molecular weight is 458 g/mol. The molecule has 0 atom stereocenters. The van der Waals surface area contributed by atoms with Crippen molar-refractivity contribution >= 4 is 46.0 Å². The zero-order valence-corrected chi connectivity index (χ0v) is 18.2. The molecule has 0 aliphatic carbocycles. The number of anilines is 1. The lowest BCUT2D eigenvalue weighted by Crippen LogP contribution is -2.41. The van der Waals surface area contributed by atoms with Gasteiger partial charge in [0, 0.05) is 18.7 Å². The number of benzene rings is 2. The second-order valence-electron chi connectivity index (χ2n) is 7.31. The number of hydrogen-bond acceptors (Lipinski definition) is 8. The Morgan fingerprint density at radius 1 is 1.13 bits per heavy atom. The average Bonchev–Trinajstić information content (AvgIpc) is 2.78. The fourth-order valence-corrected chi connectivity index (χ4v) is 4.99. The summed E-state index contributed by atoms with van der Waals surface area (Å²) in [7, 11) is 0. The molecule has 0 saturated carbocycles. The van der Waals surface area contributed by atoms with Crippen LogP contribution < -0.4 is 5.73 Å². The van der Waals surface area contributed by atoms with E-state index in [0.717, 1.165) is 21.9 Å². The molecule has 0 spiro atoms. The SMILES string of the molecule is Nc1nc(SCC(=O)N2CCOCC2)nc(-c2c(Cl)cc3c4c(cccc24)COC3)n1. The Hall–Kier alpha value is -2.46. The van der Waals surface area contributed by atoms with E-state index in [-0.39, 0.29) is 17.6 Å². The number of carbonyl (C=O) groups is 1. The minimum Gasteiger partial charge on any atom is -0.378 e. The molecular formula is C21H20ClN5O3S. The number of amides is 1. The number of rotatable bonds is 4. The van der Waals surface area contributed by atoms with Gasteiger partial charge in [0.2, 0.25) is 11.9 Å². The van der Waals surface area contributed by atoms with E-state index in [1.54, 1.807) is 4.90 Å². The first-order chi connectivity index (χ1) is 15.1. The van der Waals surface area contributed by atoms with Gasteiger partial charge in [0.25, 0.3) is 0 Å². The van der Waals surface area contributed by atoms with Gasteiger partial charge in [0.15, 0.2) is 11.0 Å². The lowest BCUT2D eigenvalue weighted by Gasteiger charge is -2.26. The molecule has 0 unspecified atom stereocenters. The van der Waals surface area contributed by atoms with Crippen molar-refractivity contribution in [3.8, 4) is 11.4 Å². The van der Waals surface area contributed by atoms with Crippen LogP contribution in [0.4, 0.5) is 5.95 Å². The Morgan fingerprint density at radius 3 is 2.77 bits per heavy atom. The van der Waals surface area contributed by atoms with Gasteiger partial charge in [-0.15, -0.1) is 0 Å². The topological polar surface area (TPSA) is 103 Å². The number of nitrogens with two attached hydrogens (primary N) is 1. The van der Waals surface area contributed by atoms with Crippen LogP contribution in [0.5, 0.6) is 0 Å². The fraction of sp³-hybridized carbons (Fsp3) is 0.333. The molecule has 1 fully saturated rings. The lowest BCUT2D eigenvalue weighted by atomic mass is 9.94. The summed E-state index contributed by atoms with van der Waals surface area (Å²) in [5.41, 5.74) is 8.84. The van der Waals surface area contributed by atoms with E-state index in [1.807, 2.05) is 24.3 Å². The summed E-state index contributed by atoms with van der Waals surface area (Å²) in [5, 5.41) is 2.98.